The maximum atomic E-state index is 10.5. The molecule has 0 aromatic heterocycles. The van der Waals surface area contributed by atoms with Gasteiger partial charge in [-0.15, -0.1) is 0 Å². The lowest BCUT2D eigenvalue weighted by Crippen LogP contribution is -2.04. The van der Waals surface area contributed by atoms with E-state index in [2.05, 4.69) is 11.4 Å². The van der Waals surface area contributed by atoms with Gasteiger partial charge in [-0.1, -0.05) is 0 Å². The highest BCUT2D eigenvalue weighted by Crippen LogP contribution is 2.29. The van der Waals surface area contributed by atoms with E-state index in [4.69, 9.17) is 5.26 Å². The fourth-order valence-corrected chi connectivity index (χ4v) is 1.46. The zero-order chi connectivity index (χ0) is 10.7. The van der Waals surface area contributed by atoms with Crippen LogP contribution in [-0.2, 0) is 0 Å². The van der Waals surface area contributed by atoms with Crippen molar-refractivity contribution in [3.05, 3.63) is 29.3 Å². The van der Waals surface area contributed by atoms with E-state index in [1.165, 1.54) is 12.8 Å². The van der Waals surface area contributed by atoms with Crippen molar-refractivity contribution in [2.75, 3.05) is 11.9 Å². The van der Waals surface area contributed by atoms with Crippen LogP contribution >= 0.6 is 0 Å². The fraction of sp³-hybridized carbons (Fsp3) is 0.333. The van der Waals surface area contributed by atoms with E-state index >= 15 is 0 Å². The minimum absolute atomic E-state index is 0.542. The maximum absolute atomic E-state index is 10.5. The highest BCUT2D eigenvalue weighted by atomic mass is 16.1. The van der Waals surface area contributed by atoms with Crippen LogP contribution in [0.15, 0.2) is 18.2 Å². The molecule has 1 N–H and O–H groups in total. The second-order valence-electron chi connectivity index (χ2n) is 3.86. The Kier molecular flexibility index (Phi) is 2.68. The number of benzene rings is 1. The number of hydrogen-bond donors (Lipinski definition) is 1. The zero-order valence-electron chi connectivity index (χ0n) is 8.36. The first-order valence-electron chi connectivity index (χ1n) is 5.06. The van der Waals surface area contributed by atoms with E-state index in [9.17, 15) is 4.79 Å². The van der Waals surface area contributed by atoms with Gasteiger partial charge in [0.25, 0.3) is 0 Å². The molecule has 1 saturated carbocycles. The van der Waals surface area contributed by atoms with Gasteiger partial charge in [-0.2, -0.15) is 5.26 Å². The predicted octanol–water partition coefficient (Wildman–Crippen LogP) is 2.19. The average molecular weight is 200 g/mol. The first-order valence-corrected chi connectivity index (χ1v) is 5.06. The third-order valence-corrected chi connectivity index (χ3v) is 2.58. The summed E-state index contributed by atoms with van der Waals surface area (Å²) in [6.45, 7) is 0.926. The van der Waals surface area contributed by atoms with Crippen LogP contribution in [0.3, 0.4) is 0 Å². The van der Waals surface area contributed by atoms with E-state index in [0.29, 0.717) is 11.1 Å². The molecule has 1 aliphatic rings. The Balaban J connectivity index is 2.14. The van der Waals surface area contributed by atoms with Crippen LogP contribution in [0.1, 0.15) is 28.8 Å². The number of carbonyl (C=O) groups excluding carboxylic acids is 1. The molecule has 0 bridgehead atoms. The lowest BCUT2D eigenvalue weighted by atomic mass is 10.1. The third kappa shape index (κ3) is 2.35. The van der Waals surface area contributed by atoms with E-state index in [1.54, 1.807) is 18.2 Å². The van der Waals surface area contributed by atoms with Gasteiger partial charge in [-0.3, -0.25) is 4.79 Å². The topological polar surface area (TPSA) is 52.9 Å². The van der Waals surface area contributed by atoms with Crippen molar-refractivity contribution in [3.8, 4) is 6.07 Å². The largest absolute Gasteiger partial charge is 0.384 e. The lowest BCUT2D eigenvalue weighted by Gasteiger charge is -2.07. The number of nitriles is 1. The van der Waals surface area contributed by atoms with Crippen molar-refractivity contribution in [2.45, 2.75) is 12.8 Å². The molecule has 0 spiro atoms. The standard InChI is InChI=1S/C12H12N2O/c13-6-11-5-10(8-15)3-4-12(11)14-7-9-1-2-9/h3-5,8-9,14H,1-2,7H2. The Morgan fingerprint density at radius 1 is 1.53 bits per heavy atom. The minimum Gasteiger partial charge on any atom is -0.384 e. The van der Waals surface area contributed by atoms with E-state index in [0.717, 1.165) is 24.4 Å². The molecule has 2 rings (SSSR count). The molecule has 1 aromatic carbocycles. The van der Waals surface area contributed by atoms with Crippen molar-refractivity contribution in [1.29, 1.82) is 5.26 Å². The number of carbonyl (C=O) groups is 1. The maximum Gasteiger partial charge on any atom is 0.150 e. The molecule has 0 heterocycles. The van der Waals surface area contributed by atoms with Gasteiger partial charge in [0, 0.05) is 12.1 Å². The Morgan fingerprint density at radius 2 is 2.33 bits per heavy atom. The molecular weight excluding hydrogens is 188 g/mol. The summed E-state index contributed by atoms with van der Waals surface area (Å²) >= 11 is 0. The summed E-state index contributed by atoms with van der Waals surface area (Å²) in [5, 5.41) is 12.2. The molecule has 0 amide bonds. The highest BCUT2D eigenvalue weighted by Gasteiger charge is 2.20. The van der Waals surface area contributed by atoms with Gasteiger partial charge in [0.15, 0.2) is 0 Å². The van der Waals surface area contributed by atoms with Crippen LogP contribution in [0.2, 0.25) is 0 Å². The smallest absolute Gasteiger partial charge is 0.150 e. The summed E-state index contributed by atoms with van der Waals surface area (Å²) < 4.78 is 0. The summed E-state index contributed by atoms with van der Waals surface area (Å²) in [6.07, 6.45) is 3.31. The fourth-order valence-electron chi connectivity index (χ4n) is 1.46. The zero-order valence-corrected chi connectivity index (χ0v) is 8.36. The number of hydrogen-bond acceptors (Lipinski definition) is 3. The summed E-state index contributed by atoms with van der Waals surface area (Å²) in [6, 6.07) is 7.23. The van der Waals surface area contributed by atoms with E-state index in [-0.39, 0.29) is 0 Å². The molecule has 0 aliphatic heterocycles. The van der Waals surface area contributed by atoms with Gasteiger partial charge >= 0.3 is 0 Å². The molecule has 3 nitrogen and oxygen atoms in total. The number of aldehydes is 1. The number of anilines is 1. The number of rotatable bonds is 4. The summed E-state index contributed by atoms with van der Waals surface area (Å²) in [4.78, 5) is 10.5. The minimum atomic E-state index is 0.542. The number of nitrogens with zero attached hydrogens (tertiary/aromatic N) is 1. The highest BCUT2D eigenvalue weighted by molar-refractivity contribution is 5.77. The van der Waals surface area contributed by atoms with Crippen molar-refractivity contribution >= 4 is 12.0 Å². The Labute approximate surface area is 88.7 Å². The van der Waals surface area contributed by atoms with Gasteiger partial charge in [0.2, 0.25) is 0 Å². The second kappa shape index (κ2) is 4.14. The Morgan fingerprint density at radius 3 is 2.93 bits per heavy atom. The van der Waals surface area contributed by atoms with Crippen LogP contribution in [-0.4, -0.2) is 12.8 Å². The van der Waals surface area contributed by atoms with Crippen LogP contribution < -0.4 is 5.32 Å². The van der Waals surface area contributed by atoms with Gasteiger partial charge in [-0.05, 0) is 37.0 Å². The van der Waals surface area contributed by atoms with Crippen molar-refractivity contribution in [3.63, 3.8) is 0 Å². The van der Waals surface area contributed by atoms with Crippen LogP contribution in [0.5, 0.6) is 0 Å². The molecule has 76 valence electrons. The van der Waals surface area contributed by atoms with Gasteiger partial charge < -0.3 is 5.32 Å². The van der Waals surface area contributed by atoms with Crippen LogP contribution in [0.25, 0.3) is 0 Å². The van der Waals surface area contributed by atoms with Gasteiger partial charge in [0.1, 0.15) is 12.4 Å². The molecule has 0 unspecified atom stereocenters. The van der Waals surface area contributed by atoms with Crippen molar-refractivity contribution < 1.29 is 4.79 Å². The molecule has 0 saturated heterocycles. The molecule has 15 heavy (non-hydrogen) atoms. The molecule has 1 aromatic rings. The molecule has 1 aliphatic carbocycles. The quantitative estimate of drug-likeness (QED) is 0.758. The number of nitrogens with one attached hydrogen (secondary N) is 1. The molecule has 3 heteroatoms. The summed E-state index contributed by atoms with van der Waals surface area (Å²) in [5.41, 5.74) is 1.92. The molecular formula is C12H12N2O. The Bertz CT molecular complexity index is 416. The van der Waals surface area contributed by atoms with E-state index < -0.39 is 0 Å². The van der Waals surface area contributed by atoms with Crippen molar-refractivity contribution in [2.24, 2.45) is 5.92 Å². The average Bonchev–Trinajstić information content (AvgIpc) is 3.10. The molecule has 1 fully saturated rings. The predicted molar refractivity (Wildman–Crippen MR) is 57.8 cm³/mol. The lowest BCUT2D eigenvalue weighted by molar-refractivity contribution is 0.112. The molecule has 0 atom stereocenters. The first kappa shape index (κ1) is 9.72. The molecule has 0 radical (unpaired) electrons. The van der Waals surface area contributed by atoms with Crippen LogP contribution in [0.4, 0.5) is 5.69 Å². The summed E-state index contributed by atoms with van der Waals surface area (Å²) in [5.74, 6) is 0.766. The van der Waals surface area contributed by atoms with Crippen LogP contribution in [0, 0.1) is 17.2 Å². The monoisotopic (exact) mass is 200 g/mol. The second-order valence-corrected chi connectivity index (χ2v) is 3.86. The van der Waals surface area contributed by atoms with Gasteiger partial charge in [-0.25, -0.2) is 0 Å². The van der Waals surface area contributed by atoms with Crippen molar-refractivity contribution in [1.82, 2.24) is 0 Å². The first-order chi connectivity index (χ1) is 7.33. The van der Waals surface area contributed by atoms with Gasteiger partial charge in [0.05, 0.1) is 11.3 Å². The normalized spacial score (nSPS) is 14.3. The summed E-state index contributed by atoms with van der Waals surface area (Å²) in [7, 11) is 0. The van der Waals surface area contributed by atoms with E-state index in [1.807, 2.05) is 0 Å². The Hall–Kier alpha value is -1.82. The third-order valence-electron chi connectivity index (χ3n) is 2.58. The SMILES string of the molecule is N#Cc1cc(C=O)ccc1NCC1CC1.